The molecule has 0 aliphatic heterocycles. The lowest BCUT2D eigenvalue weighted by molar-refractivity contribution is -0.146. The van der Waals surface area contributed by atoms with Gasteiger partial charge in [0.25, 0.3) is 0 Å². The highest BCUT2D eigenvalue weighted by Crippen LogP contribution is 2.15. The van der Waals surface area contributed by atoms with Crippen LogP contribution in [-0.2, 0) is 19.1 Å². The fraction of sp³-hybridized carbons (Fsp3) is 0.647. The summed E-state index contributed by atoms with van der Waals surface area (Å²) in [5.74, 6) is -0.820. The van der Waals surface area contributed by atoms with Crippen LogP contribution in [0, 0.1) is 5.92 Å². The van der Waals surface area contributed by atoms with Crippen molar-refractivity contribution in [2.24, 2.45) is 5.92 Å². The van der Waals surface area contributed by atoms with E-state index < -0.39 is 11.9 Å². The Hall–Kier alpha value is -1.58. The summed E-state index contributed by atoms with van der Waals surface area (Å²) in [4.78, 5) is 23.5. The van der Waals surface area contributed by atoms with E-state index in [1.165, 1.54) is 5.57 Å². The molecule has 0 saturated carbocycles. The number of carbonyl (C=O) groups excluding carboxylic acids is 2. The molecule has 0 aromatic carbocycles. The molecule has 0 aromatic heterocycles. The van der Waals surface area contributed by atoms with E-state index in [0.29, 0.717) is 12.3 Å². The minimum absolute atomic E-state index is 0.00719. The minimum Gasteiger partial charge on any atom is -0.462 e. The van der Waals surface area contributed by atoms with E-state index in [-0.39, 0.29) is 18.8 Å². The average Bonchev–Trinajstić information content (AvgIpc) is 2.39. The van der Waals surface area contributed by atoms with Gasteiger partial charge in [-0.25, -0.2) is 9.59 Å². The van der Waals surface area contributed by atoms with Crippen LogP contribution in [0.4, 0.5) is 0 Å². The van der Waals surface area contributed by atoms with E-state index in [0.717, 1.165) is 12.8 Å². The van der Waals surface area contributed by atoms with Crippen molar-refractivity contribution in [3.05, 3.63) is 23.3 Å². The summed E-state index contributed by atoms with van der Waals surface area (Å²) >= 11 is 0. The standard InChI is InChI=1S/C17H28O4/c1-6-20-16(18)15(17(19)21-7-2)12-11-14(5)10-8-9-13(3)4/h9,12,14H,6-8,10-11H2,1-5H3. The van der Waals surface area contributed by atoms with E-state index in [9.17, 15) is 9.59 Å². The fourth-order valence-corrected chi connectivity index (χ4v) is 1.76. The van der Waals surface area contributed by atoms with Crippen molar-refractivity contribution in [3.63, 3.8) is 0 Å². The van der Waals surface area contributed by atoms with Crippen molar-refractivity contribution in [2.75, 3.05) is 13.2 Å². The van der Waals surface area contributed by atoms with E-state index >= 15 is 0 Å². The molecule has 1 atom stereocenters. The Morgan fingerprint density at radius 1 is 1.00 bits per heavy atom. The van der Waals surface area contributed by atoms with Gasteiger partial charge in [0.05, 0.1) is 13.2 Å². The molecule has 0 N–H and O–H groups in total. The van der Waals surface area contributed by atoms with Crippen LogP contribution in [0.3, 0.4) is 0 Å². The maximum atomic E-state index is 11.8. The fourth-order valence-electron chi connectivity index (χ4n) is 1.76. The molecule has 0 aliphatic rings. The van der Waals surface area contributed by atoms with Crippen LogP contribution in [0.5, 0.6) is 0 Å². The summed E-state index contributed by atoms with van der Waals surface area (Å²) in [5, 5.41) is 0. The number of allylic oxidation sites excluding steroid dienone is 3. The van der Waals surface area contributed by atoms with Crippen LogP contribution in [0.1, 0.15) is 53.9 Å². The van der Waals surface area contributed by atoms with E-state index in [1.54, 1.807) is 19.9 Å². The highest BCUT2D eigenvalue weighted by Gasteiger charge is 2.20. The Kier molecular flexibility index (Phi) is 10.3. The first kappa shape index (κ1) is 19.4. The lowest BCUT2D eigenvalue weighted by atomic mass is 9.99. The van der Waals surface area contributed by atoms with Gasteiger partial charge >= 0.3 is 11.9 Å². The average molecular weight is 296 g/mol. The number of hydrogen-bond donors (Lipinski definition) is 0. The van der Waals surface area contributed by atoms with Crippen molar-refractivity contribution in [1.29, 1.82) is 0 Å². The van der Waals surface area contributed by atoms with Gasteiger partial charge in [-0.2, -0.15) is 0 Å². The van der Waals surface area contributed by atoms with Gasteiger partial charge in [0.15, 0.2) is 0 Å². The zero-order valence-electron chi connectivity index (χ0n) is 13.9. The van der Waals surface area contributed by atoms with Gasteiger partial charge in [-0.3, -0.25) is 0 Å². The van der Waals surface area contributed by atoms with E-state index in [1.807, 2.05) is 0 Å². The van der Waals surface area contributed by atoms with Gasteiger partial charge in [0, 0.05) is 0 Å². The monoisotopic (exact) mass is 296 g/mol. The van der Waals surface area contributed by atoms with Crippen molar-refractivity contribution >= 4 is 11.9 Å². The summed E-state index contributed by atoms with van der Waals surface area (Å²) in [6.45, 7) is 10.2. The third-order valence-electron chi connectivity index (χ3n) is 2.93. The summed E-state index contributed by atoms with van der Waals surface area (Å²) in [5.41, 5.74) is 1.31. The highest BCUT2D eigenvalue weighted by atomic mass is 16.6. The molecule has 21 heavy (non-hydrogen) atoms. The molecule has 120 valence electrons. The molecule has 0 heterocycles. The molecular weight excluding hydrogens is 268 g/mol. The number of hydrogen-bond acceptors (Lipinski definition) is 4. The van der Waals surface area contributed by atoms with Gasteiger partial charge in [0.1, 0.15) is 5.57 Å². The number of esters is 2. The van der Waals surface area contributed by atoms with Crippen molar-refractivity contribution < 1.29 is 19.1 Å². The van der Waals surface area contributed by atoms with Crippen LogP contribution < -0.4 is 0 Å². The first-order valence-electron chi connectivity index (χ1n) is 7.60. The molecule has 0 fully saturated rings. The van der Waals surface area contributed by atoms with Crippen LogP contribution in [-0.4, -0.2) is 25.2 Å². The molecule has 4 nitrogen and oxygen atoms in total. The number of ether oxygens (including phenoxy) is 2. The highest BCUT2D eigenvalue weighted by molar-refractivity contribution is 6.14. The normalized spacial score (nSPS) is 11.3. The third-order valence-corrected chi connectivity index (χ3v) is 2.93. The first-order chi connectivity index (χ1) is 9.92. The largest absolute Gasteiger partial charge is 0.462 e. The van der Waals surface area contributed by atoms with E-state index in [4.69, 9.17) is 9.47 Å². The third kappa shape index (κ3) is 9.05. The topological polar surface area (TPSA) is 52.6 Å². The molecule has 0 aliphatic carbocycles. The van der Waals surface area contributed by atoms with Crippen LogP contribution in [0.15, 0.2) is 23.3 Å². The Morgan fingerprint density at radius 3 is 1.95 bits per heavy atom. The summed E-state index contributed by atoms with van der Waals surface area (Å²) in [6.07, 6.45) is 6.51. The second kappa shape index (κ2) is 11.1. The first-order valence-corrected chi connectivity index (χ1v) is 7.60. The van der Waals surface area contributed by atoms with Gasteiger partial charge in [-0.05, 0) is 52.9 Å². The smallest absolute Gasteiger partial charge is 0.345 e. The molecular formula is C17H28O4. The Morgan fingerprint density at radius 2 is 1.52 bits per heavy atom. The summed E-state index contributed by atoms with van der Waals surface area (Å²) < 4.78 is 9.80. The predicted octanol–water partition coefficient (Wildman–Crippen LogP) is 3.81. The molecule has 0 radical (unpaired) electrons. The van der Waals surface area contributed by atoms with Crippen molar-refractivity contribution in [3.8, 4) is 0 Å². The van der Waals surface area contributed by atoms with Gasteiger partial charge in [-0.1, -0.05) is 24.6 Å². The zero-order chi connectivity index (χ0) is 16.3. The summed E-state index contributed by atoms with van der Waals surface area (Å²) in [7, 11) is 0. The maximum Gasteiger partial charge on any atom is 0.345 e. The quantitative estimate of drug-likeness (QED) is 0.213. The molecule has 0 bridgehead atoms. The van der Waals surface area contributed by atoms with E-state index in [2.05, 4.69) is 26.8 Å². The Labute approximate surface area is 128 Å². The molecule has 0 aromatic rings. The molecule has 0 amide bonds. The molecule has 4 heteroatoms. The van der Waals surface area contributed by atoms with Crippen LogP contribution in [0.2, 0.25) is 0 Å². The van der Waals surface area contributed by atoms with Crippen LogP contribution in [0.25, 0.3) is 0 Å². The molecule has 0 spiro atoms. The van der Waals surface area contributed by atoms with Crippen molar-refractivity contribution in [2.45, 2.75) is 53.9 Å². The van der Waals surface area contributed by atoms with Crippen molar-refractivity contribution in [1.82, 2.24) is 0 Å². The summed E-state index contributed by atoms with van der Waals surface area (Å²) in [6, 6.07) is 0. The zero-order valence-corrected chi connectivity index (χ0v) is 13.9. The van der Waals surface area contributed by atoms with Gasteiger partial charge in [-0.15, -0.1) is 0 Å². The minimum atomic E-state index is -0.604. The Balaban J connectivity index is 4.64. The Bertz CT molecular complexity index is 370. The molecule has 0 saturated heterocycles. The lowest BCUT2D eigenvalue weighted by Gasteiger charge is -2.09. The number of rotatable bonds is 9. The molecule has 1 unspecified atom stereocenters. The van der Waals surface area contributed by atoms with Gasteiger partial charge in [0.2, 0.25) is 0 Å². The lowest BCUT2D eigenvalue weighted by Crippen LogP contribution is -2.18. The van der Waals surface area contributed by atoms with Crippen LogP contribution >= 0.6 is 0 Å². The maximum absolute atomic E-state index is 11.8. The molecule has 0 rings (SSSR count). The second-order valence-corrected chi connectivity index (χ2v) is 5.26. The van der Waals surface area contributed by atoms with Gasteiger partial charge < -0.3 is 9.47 Å². The number of carbonyl (C=O) groups is 2. The predicted molar refractivity (Wildman–Crippen MR) is 83.8 cm³/mol. The SMILES string of the molecule is CCOC(=O)C(=CCC(C)CCC=C(C)C)C(=O)OCC. The second-order valence-electron chi connectivity index (χ2n) is 5.26.